The zero-order valence-corrected chi connectivity index (χ0v) is 11.9. The van der Waals surface area contributed by atoms with E-state index in [9.17, 15) is 9.59 Å². The topological polar surface area (TPSA) is 92.2 Å². The molecule has 0 saturated carbocycles. The molecule has 0 aliphatic heterocycles. The first kappa shape index (κ1) is 13.6. The summed E-state index contributed by atoms with van der Waals surface area (Å²) in [6, 6.07) is 0. The van der Waals surface area contributed by atoms with E-state index in [1.165, 1.54) is 11.3 Å². The van der Waals surface area contributed by atoms with Crippen LogP contribution in [0, 0.1) is 13.8 Å². The Bertz CT molecular complexity index is 633. The Hall–Kier alpha value is -1.80. The first-order valence-electron chi connectivity index (χ1n) is 5.37. The second-order valence-electron chi connectivity index (χ2n) is 3.86. The fraction of sp³-hybridized carbons (Fsp3) is 0.273. The molecule has 0 radical (unpaired) electrons. The summed E-state index contributed by atoms with van der Waals surface area (Å²) in [5.74, 6) is -1.39. The lowest BCUT2D eigenvalue weighted by Crippen LogP contribution is -2.15. The largest absolute Gasteiger partial charge is 0.478 e. The van der Waals surface area contributed by atoms with Crippen molar-refractivity contribution in [3.05, 3.63) is 27.3 Å². The number of nitrogens with zero attached hydrogens (tertiary/aromatic N) is 2. The summed E-state index contributed by atoms with van der Waals surface area (Å²) in [4.78, 5) is 27.1. The summed E-state index contributed by atoms with van der Waals surface area (Å²) in [7, 11) is 0. The molecule has 0 saturated heterocycles. The normalized spacial score (nSPS) is 10.4. The van der Waals surface area contributed by atoms with Gasteiger partial charge in [0.25, 0.3) is 0 Å². The molecule has 0 spiro atoms. The van der Waals surface area contributed by atoms with E-state index in [2.05, 4.69) is 14.7 Å². The number of aromatic nitrogens is 2. The van der Waals surface area contributed by atoms with Gasteiger partial charge in [-0.2, -0.15) is 4.37 Å². The molecule has 0 bridgehead atoms. The summed E-state index contributed by atoms with van der Waals surface area (Å²) < 4.78 is 3.93. The lowest BCUT2D eigenvalue weighted by molar-refractivity contribution is -0.115. The third-order valence-corrected chi connectivity index (χ3v) is 4.01. The number of anilines is 1. The molecule has 2 N–H and O–H groups in total. The molecule has 0 aliphatic carbocycles. The van der Waals surface area contributed by atoms with Crippen LogP contribution in [-0.2, 0) is 11.2 Å². The third-order valence-electron chi connectivity index (χ3n) is 2.34. The summed E-state index contributed by atoms with van der Waals surface area (Å²) in [5, 5.41) is 14.6. The highest BCUT2D eigenvalue weighted by Gasteiger charge is 2.19. The summed E-state index contributed by atoms with van der Waals surface area (Å²) in [6.07, 6.45) is 0.125. The summed E-state index contributed by atoms with van der Waals surface area (Å²) >= 11 is 2.44. The molecule has 19 heavy (non-hydrogen) atoms. The zero-order valence-electron chi connectivity index (χ0n) is 10.3. The van der Waals surface area contributed by atoms with Crippen LogP contribution in [0.1, 0.15) is 26.8 Å². The van der Waals surface area contributed by atoms with Gasteiger partial charge in [-0.15, -0.1) is 11.3 Å². The van der Waals surface area contributed by atoms with Crippen LogP contribution < -0.4 is 5.32 Å². The van der Waals surface area contributed by atoms with Gasteiger partial charge in [0, 0.05) is 5.38 Å². The van der Waals surface area contributed by atoms with Crippen molar-refractivity contribution < 1.29 is 14.7 Å². The Morgan fingerprint density at radius 3 is 2.74 bits per heavy atom. The van der Waals surface area contributed by atoms with Gasteiger partial charge in [0.05, 0.1) is 22.8 Å². The van der Waals surface area contributed by atoms with E-state index in [1.54, 1.807) is 6.92 Å². The van der Waals surface area contributed by atoms with E-state index in [0.29, 0.717) is 11.4 Å². The average molecular weight is 297 g/mol. The zero-order chi connectivity index (χ0) is 14.0. The number of hydrogen-bond donors (Lipinski definition) is 2. The highest BCUT2D eigenvalue weighted by Crippen LogP contribution is 2.24. The molecule has 0 unspecified atom stereocenters. The third kappa shape index (κ3) is 3.15. The molecule has 0 aliphatic rings. The van der Waals surface area contributed by atoms with Crippen molar-refractivity contribution in [3.8, 4) is 0 Å². The molecule has 2 aromatic heterocycles. The Morgan fingerprint density at radius 2 is 2.16 bits per heavy atom. The van der Waals surface area contributed by atoms with E-state index in [-0.39, 0.29) is 22.9 Å². The predicted molar refractivity (Wildman–Crippen MR) is 73.0 cm³/mol. The SMILES string of the molecule is Cc1nc(CC(=O)Nc2snc(C)c2C(=O)O)cs1. The van der Waals surface area contributed by atoms with Crippen molar-refractivity contribution >= 4 is 39.7 Å². The lowest BCUT2D eigenvalue weighted by Gasteiger charge is -2.02. The lowest BCUT2D eigenvalue weighted by atomic mass is 10.2. The molecule has 0 fully saturated rings. The first-order valence-corrected chi connectivity index (χ1v) is 7.03. The minimum atomic E-state index is -1.09. The highest BCUT2D eigenvalue weighted by molar-refractivity contribution is 7.11. The van der Waals surface area contributed by atoms with Gasteiger partial charge in [0.2, 0.25) is 5.91 Å². The van der Waals surface area contributed by atoms with Gasteiger partial charge in [-0.1, -0.05) is 0 Å². The standard InChI is InChI=1S/C11H11N3O3S2/c1-5-9(11(16)17)10(19-14-5)13-8(15)3-7-4-18-6(2)12-7/h4H,3H2,1-2H3,(H,13,15)(H,16,17). The van der Waals surface area contributed by atoms with Gasteiger partial charge in [-0.05, 0) is 25.4 Å². The number of carbonyl (C=O) groups is 2. The molecule has 8 heteroatoms. The minimum absolute atomic E-state index is 0.0489. The quantitative estimate of drug-likeness (QED) is 0.901. The Balaban J connectivity index is 2.09. The van der Waals surface area contributed by atoms with Crippen molar-refractivity contribution in [2.45, 2.75) is 20.3 Å². The molecule has 100 valence electrons. The number of carboxylic acids is 1. The monoisotopic (exact) mass is 297 g/mol. The number of hydrogen-bond acceptors (Lipinski definition) is 6. The van der Waals surface area contributed by atoms with Crippen LogP contribution in [0.4, 0.5) is 5.00 Å². The second kappa shape index (κ2) is 5.45. The molecule has 1 amide bonds. The summed E-state index contributed by atoms with van der Waals surface area (Å²) in [5.41, 5.74) is 1.13. The van der Waals surface area contributed by atoms with Gasteiger partial charge in [-0.25, -0.2) is 9.78 Å². The van der Waals surface area contributed by atoms with E-state index >= 15 is 0 Å². The van der Waals surface area contributed by atoms with Crippen LogP contribution in [0.3, 0.4) is 0 Å². The maximum Gasteiger partial charge on any atom is 0.340 e. The van der Waals surface area contributed by atoms with E-state index < -0.39 is 5.97 Å². The van der Waals surface area contributed by atoms with Crippen molar-refractivity contribution in [1.82, 2.24) is 9.36 Å². The van der Waals surface area contributed by atoms with E-state index in [0.717, 1.165) is 16.5 Å². The minimum Gasteiger partial charge on any atom is -0.478 e. The average Bonchev–Trinajstić information content (AvgIpc) is 2.85. The maximum absolute atomic E-state index is 11.8. The van der Waals surface area contributed by atoms with Crippen LogP contribution in [-0.4, -0.2) is 26.3 Å². The van der Waals surface area contributed by atoms with Gasteiger partial charge in [-0.3, -0.25) is 4.79 Å². The molecule has 2 rings (SSSR count). The van der Waals surface area contributed by atoms with Crippen molar-refractivity contribution in [2.24, 2.45) is 0 Å². The number of rotatable bonds is 4. The molecular weight excluding hydrogens is 286 g/mol. The fourth-order valence-electron chi connectivity index (χ4n) is 1.53. The Kier molecular flexibility index (Phi) is 3.91. The summed E-state index contributed by atoms with van der Waals surface area (Å²) in [6.45, 7) is 3.46. The molecule has 6 nitrogen and oxygen atoms in total. The number of carbonyl (C=O) groups excluding carboxylic acids is 1. The second-order valence-corrected chi connectivity index (χ2v) is 5.70. The smallest absolute Gasteiger partial charge is 0.340 e. The number of nitrogens with one attached hydrogen (secondary N) is 1. The predicted octanol–water partition coefficient (Wildman–Crippen LogP) is 2.10. The number of aromatic carboxylic acids is 1. The van der Waals surface area contributed by atoms with Crippen LogP contribution in [0.2, 0.25) is 0 Å². The van der Waals surface area contributed by atoms with Crippen LogP contribution >= 0.6 is 22.9 Å². The van der Waals surface area contributed by atoms with Gasteiger partial charge < -0.3 is 10.4 Å². The van der Waals surface area contributed by atoms with Gasteiger partial charge in [0.1, 0.15) is 10.6 Å². The number of aryl methyl sites for hydroxylation is 2. The molecular formula is C11H11N3O3S2. The van der Waals surface area contributed by atoms with Crippen molar-refractivity contribution in [2.75, 3.05) is 5.32 Å². The van der Waals surface area contributed by atoms with Crippen LogP contribution in [0.15, 0.2) is 5.38 Å². The van der Waals surface area contributed by atoms with E-state index in [1.807, 2.05) is 12.3 Å². The fourth-order valence-corrected chi connectivity index (χ4v) is 2.95. The van der Waals surface area contributed by atoms with Crippen LogP contribution in [0.5, 0.6) is 0 Å². The number of thiazole rings is 1. The first-order chi connectivity index (χ1) is 8.97. The Morgan fingerprint density at radius 1 is 1.42 bits per heavy atom. The molecule has 0 atom stereocenters. The molecule has 0 aromatic carbocycles. The van der Waals surface area contributed by atoms with Gasteiger partial charge in [0.15, 0.2) is 0 Å². The van der Waals surface area contributed by atoms with Crippen LogP contribution in [0.25, 0.3) is 0 Å². The molecule has 2 aromatic rings. The number of carboxylic acid groups (broad SMARTS) is 1. The van der Waals surface area contributed by atoms with E-state index in [4.69, 9.17) is 5.11 Å². The maximum atomic E-state index is 11.8. The van der Waals surface area contributed by atoms with Gasteiger partial charge >= 0.3 is 5.97 Å². The molecule has 2 heterocycles. The van der Waals surface area contributed by atoms with Crippen molar-refractivity contribution in [1.29, 1.82) is 0 Å². The van der Waals surface area contributed by atoms with Crippen molar-refractivity contribution in [3.63, 3.8) is 0 Å². The Labute approximate surface area is 117 Å². The highest BCUT2D eigenvalue weighted by atomic mass is 32.1. The number of amides is 1.